The molecule has 0 saturated carbocycles. The molecule has 76 valence electrons. The van der Waals surface area contributed by atoms with Crippen molar-refractivity contribution in [1.29, 1.82) is 0 Å². The first-order valence-corrected chi connectivity index (χ1v) is 4.40. The molecule has 0 amide bonds. The maximum atomic E-state index is 11.2. The lowest BCUT2D eigenvalue weighted by Gasteiger charge is -2.10. The van der Waals surface area contributed by atoms with Gasteiger partial charge in [-0.1, -0.05) is 0 Å². The van der Waals surface area contributed by atoms with Gasteiger partial charge in [-0.15, -0.1) is 0 Å². The van der Waals surface area contributed by atoms with E-state index in [1.807, 2.05) is 13.8 Å². The molecule has 1 atom stereocenters. The first kappa shape index (κ1) is 9.27. The Morgan fingerprint density at radius 3 is 2.71 bits per heavy atom. The fraction of sp³-hybridized carbons (Fsp3) is 0.500. The van der Waals surface area contributed by atoms with E-state index in [1.165, 1.54) is 13.2 Å². The van der Waals surface area contributed by atoms with Crippen molar-refractivity contribution in [3.8, 4) is 5.75 Å². The van der Waals surface area contributed by atoms with Crippen molar-refractivity contribution >= 4 is 0 Å². The van der Waals surface area contributed by atoms with Gasteiger partial charge < -0.3 is 13.9 Å². The van der Waals surface area contributed by atoms with Crippen molar-refractivity contribution in [3.05, 3.63) is 27.8 Å². The molecule has 1 unspecified atom stereocenters. The molecule has 1 fully saturated rings. The molecule has 1 saturated heterocycles. The summed E-state index contributed by atoms with van der Waals surface area (Å²) in [5.41, 5.74) is -0.0103. The SMILES string of the molecule is COc1cc(=O)oc(C2(C)CO2)c1C. The number of ether oxygens (including phenoxy) is 2. The fourth-order valence-corrected chi connectivity index (χ4v) is 1.49. The summed E-state index contributed by atoms with van der Waals surface area (Å²) in [4.78, 5) is 11.2. The highest BCUT2D eigenvalue weighted by Gasteiger charge is 2.45. The first-order chi connectivity index (χ1) is 6.57. The summed E-state index contributed by atoms with van der Waals surface area (Å²) in [6.07, 6.45) is 0. The zero-order valence-electron chi connectivity index (χ0n) is 8.42. The van der Waals surface area contributed by atoms with Gasteiger partial charge >= 0.3 is 5.63 Å². The highest BCUT2D eigenvalue weighted by Crippen LogP contribution is 2.40. The van der Waals surface area contributed by atoms with Crippen molar-refractivity contribution in [3.63, 3.8) is 0 Å². The summed E-state index contributed by atoms with van der Waals surface area (Å²) in [5, 5.41) is 0. The molecule has 0 aromatic carbocycles. The second kappa shape index (κ2) is 2.85. The summed E-state index contributed by atoms with van der Waals surface area (Å²) in [6, 6.07) is 1.34. The lowest BCUT2D eigenvalue weighted by molar-refractivity contribution is 0.268. The van der Waals surface area contributed by atoms with Crippen molar-refractivity contribution < 1.29 is 13.9 Å². The molecule has 4 heteroatoms. The average molecular weight is 196 g/mol. The Morgan fingerprint density at radius 2 is 2.21 bits per heavy atom. The normalized spacial score (nSPS) is 24.8. The van der Waals surface area contributed by atoms with E-state index in [4.69, 9.17) is 13.9 Å². The van der Waals surface area contributed by atoms with Crippen LogP contribution in [-0.2, 0) is 10.3 Å². The van der Waals surface area contributed by atoms with Gasteiger partial charge in [-0.25, -0.2) is 4.79 Å². The predicted octanol–water partition coefficient (Wildman–Crippen LogP) is 1.20. The molecule has 2 heterocycles. The van der Waals surface area contributed by atoms with Crippen LogP contribution in [0.4, 0.5) is 0 Å². The monoisotopic (exact) mass is 196 g/mol. The molecule has 1 aromatic rings. The topological polar surface area (TPSA) is 52.0 Å². The molecule has 1 aliphatic rings. The number of methoxy groups -OCH3 is 1. The predicted molar refractivity (Wildman–Crippen MR) is 49.6 cm³/mol. The molecule has 0 spiro atoms. The Bertz CT molecular complexity index is 415. The van der Waals surface area contributed by atoms with E-state index in [2.05, 4.69) is 0 Å². The zero-order valence-corrected chi connectivity index (χ0v) is 8.42. The van der Waals surface area contributed by atoms with Gasteiger partial charge in [-0.2, -0.15) is 0 Å². The largest absolute Gasteiger partial charge is 0.496 e. The summed E-state index contributed by atoms with van der Waals surface area (Å²) in [6.45, 7) is 4.33. The van der Waals surface area contributed by atoms with Gasteiger partial charge in [-0.3, -0.25) is 0 Å². The Labute approximate surface area is 81.4 Å². The van der Waals surface area contributed by atoms with Gasteiger partial charge in [0.15, 0.2) is 0 Å². The molecular formula is C10H12O4. The van der Waals surface area contributed by atoms with Crippen LogP contribution in [0, 0.1) is 6.92 Å². The Kier molecular flexibility index (Phi) is 1.89. The van der Waals surface area contributed by atoms with E-state index in [0.29, 0.717) is 18.1 Å². The Hall–Kier alpha value is -1.29. The molecular weight excluding hydrogens is 184 g/mol. The van der Waals surface area contributed by atoms with Crippen molar-refractivity contribution in [2.75, 3.05) is 13.7 Å². The highest BCUT2D eigenvalue weighted by molar-refractivity contribution is 5.36. The highest BCUT2D eigenvalue weighted by atomic mass is 16.6. The third-order valence-electron chi connectivity index (χ3n) is 2.44. The molecule has 2 rings (SSSR count). The van der Waals surface area contributed by atoms with Crippen LogP contribution in [0.15, 0.2) is 15.3 Å². The third-order valence-corrected chi connectivity index (χ3v) is 2.44. The number of rotatable bonds is 2. The minimum Gasteiger partial charge on any atom is -0.496 e. The molecule has 1 aliphatic heterocycles. The summed E-state index contributed by atoms with van der Waals surface area (Å²) in [5.74, 6) is 1.12. The van der Waals surface area contributed by atoms with E-state index < -0.39 is 11.2 Å². The van der Waals surface area contributed by atoms with Crippen LogP contribution in [0.25, 0.3) is 0 Å². The first-order valence-electron chi connectivity index (χ1n) is 4.40. The van der Waals surface area contributed by atoms with E-state index in [0.717, 1.165) is 5.56 Å². The second-order valence-corrected chi connectivity index (χ2v) is 3.61. The Morgan fingerprint density at radius 1 is 1.57 bits per heavy atom. The number of hydrogen-bond acceptors (Lipinski definition) is 4. The van der Waals surface area contributed by atoms with Crippen molar-refractivity contribution in [2.45, 2.75) is 19.4 Å². The lowest BCUT2D eigenvalue weighted by atomic mass is 10.1. The van der Waals surface area contributed by atoms with Gasteiger partial charge in [0.1, 0.15) is 17.1 Å². The van der Waals surface area contributed by atoms with Gasteiger partial charge in [0.2, 0.25) is 0 Å². The second-order valence-electron chi connectivity index (χ2n) is 3.61. The van der Waals surface area contributed by atoms with Gasteiger partial charge in [0.25, 0.3) is 0 Å². The molecule has 0 aliphatic carbocycles. The minimum atomic E-state index is -0.433. The van der Waals surface area contributed by atoms with Crippen molar-refractivity contribution in [1.82, 2.24) is 0 Å². The average Bonchev–Trinajstić information content (AvgIpc) is 2.88. The zero-order chi connectivity index (χ0) is 10.3. The molecule has 0 bridgehead atoms. The Balaban J connectivity index is 2.59. The summed E-state index contributed by atoms with van der Waals surface area (Å²) in [7, 11) is 1.53. The maximum Gasteiger partial charge on any atom is 0.339 e. The van der Waals surface area contributed by atoms with Crippen LogP contribution in [0.5, 0.6) is 5.75 Å². The number of hydrogen-bond donors (Lipinski definition) is 0. The molecule has 4 nitrogen and oxygen atoms in total. The van der Waals surface area contributed by atoms with Crippen LogP contribution in [-0.4, -0.2) is 13.7 Å². The van der Waals surface area contributed by atoms with Crippen LogP contribution in [0.2, 0.25) is 0 Å². The van der Waals surface area contributed by atoms with Crippen LogP contribution >= 0.6 is 0 Å². The van der Waals surface area contributed by atoms with Crippen molar-refractivity contribution in [2.24, 2.45) is 0 Å². The summed E-state index contributed by atoms with van der Waals surface area (Å²) >= 11 is 0. The van der Waals surface area contributed by atoms with Crippen LogP contribution < -0.4 is 10.4 Å². The summed E-state index contributed by atoms with van der Waals surface area (Å²) < 4.78 is 15.4. The quantitative estimate of drug-likeness (QED) is 0.667. The van der Waals surface area contributed by atoms with Gasteiger partial charge in [0, 0.05) is 5.56 Å². The third kappa shape index (κ3) is 1.32. The standard InChI is InChI=1S/C10H12O4/c1-6-7(12-3)4-8(11)14-9(6)10(2)5-13-10/h4H,5H2,1-3H3. The lowest BCUT2D eigenvalue weighted by Crippen LogP contribution is -2.11. The van der Waals surface area contributed by atoms with Crippen LogP contribution in [0.1, 0.15) is 18.2 Å². The fourth-order valence-electron chi connectivity index (χ4n) is 1.49. The maximum absolute atomic E-state index is 11.2. The molecule has 14 heavy (non-hydrogen) atoms. The molecule has 1 aromatic heterocycles. The van der Waals surface area contributed by atoms with Gasteiger partial charge in [-0.05, 0) is 13.8 Å². The van der Waals surface area contributed by atoms with E-state index in [1.54, 1.807) is 0 Å². The number of epoxide rings is 1. The molecule has 0 N–H and O–H groups in total. The van der Waals surface area contributed by atoms with Gasteiger partial charge in [0.05, 0.1) is 19.8 Å². The smallest absolute Gasteiger partial charge is 0.339 e. The van der Waals surface area contributed by atoms with E-state index in [9.17, 15) is 4.79 Å². The molecule has 0 radical (unpaired) electrons. The van der Waals surface area contributed by atoms with Crippen LogP contribution in [0.3, 0.4) is 0 Å². The minimum absolute atomic E-state index is 0.404. The van der Waals surface area contributed by atoms with E-state index in [-0.39, 0.29) is 0 Å². The van der Waals surface area contributed by atoms with E-state index >= 15 is 0 Å².